The summed E-state index contributed by atoms with van der Waals surface area (Å²) in [6.45, 7) is 5.43. The van der Waals surface area contributed by atoms with Gasteiger partial charge >= 0.3 is 0 Å². The van der Waals surface area contributed by atoms with Crippen molar-refractivity contribution >= 4 is 28.2 Å². The van der Waals surface area contributed by atoms with E-state index >= 15 is 0 Å². The molecule has 0 spiro atoms. The molecule has 3 heterocycles. The normalized spacial score (nSPS) is 18.2. The molecule has 2 aromatic heterocycles. The molecule has 124 valence electrons. The number of thiazole rings is 1. The molecule has 1 aliphatic heterocycles. The van der Waals surface area contributed by atoms with Gasteiger partial charge in [0.25, 0.3) is 5.91 Å². The van der Waals surface area contributed by atoms with Gasteiger partial charge < -0.3 is 14.1 Å². The minimum atomic E-state index is -0.163. The summed E-state index contributed by atoms with van der Waals surface area (Å²) >= 11 is 1.59. The number of rotatable bonds is 2. The minimum Gasteiger partial charge on any atom is -0.451 e. The molecule has 3 aromatic rings. The van der Waals surface area contributed by atoms with Crippen LogP contribution >= 0.6 is 11.3 Å². The summed E-state index contributed by atoms with van der Waals surface area (Å²) in [6, 6.07) is 7.57. The first-order chi connectivity index (χ1) is 11.6. The highest BCUT2D eigenvalue weighted by Crippen LogP contribution is 2.31. The smallest absolute Gasteiger partial charge is 0.290 e. The van der Waals surface area contributed by atoms with Gasteiger partial charge in [0.05, 0.1) is 30.0 Å². The molecule has 5 nitrogen and oxygen atoms in total. The molecule has 0 aliphatic carbocycles. The summed E-state index contributed by atoms with van der Waals surface area (Å²) in [5.74, 6) is 0.317. The van der Waals surface area contributed by atoms with Gasteiger partial charge in [0, 0.05) is 22.9 Å². The Bertz CT molecular complexity index is 899. The number of hydrogen-bond donors (Lipinski definition) is 0. The van der Waals surface area contributed by atoms with Crippen LogP contribution < -0.4 is 0 Å². The van der Waals surface area contributed by atoms with Gasteiger partial charge in [0.2, 0.25) is 0 Å². The molecule has 1 amide bonds. The molecule has 1 unspecified atom stereocenters. The Balaban J connectivity index is 1.71. The van der Waals surface area contributed by atoms with Crippen LogP contribution in [0.15, 0.2) is 34.1 Å². The fourth-order valence-electron chi connectivity index (χ4n) is 3.13. The number of aromatic nitrogens is 1. The molecular formula is C18H18N2O3S. The molecule has 1 aromatic carbocycles. The van der Waals surface area contributed by atoms with Crippen molar-refractivity contribution in [2.75, 3.05) is 19.8 Å². The van der Waals surface area contributed by atoms with Gasteiger partial charge in [0.1, 0.15) is 5.58 Å². The van der Waals surface area contributed by atoms with E-state index in [0.29, 0.717) is 25.5 Å². The fourth-order valence-corrected chi connectivity index (χ4v) is 3.79. The Kier molecular flexibility index (Phi) is 3.86. The highest BCUT2D eigenvalue weighted by atomic mass is 32.1. The van der Waals surface area contributed by atoms with E-state index in [9.17, 15) is 4.79 Å². The average Bonchev–Trinajstić information content (AvgIpc) is 3.18. The van der Waals surface area contributed by atoms with Gasteiger partial charge in [-0.3, -0.25) is 4.79 Å². The number of furan rings is 1. The average molecular weight is 342 g/mol. The van der Waals surface area contributed by atoms with Crippen molar-refractivity contribution in [3.63, 3.8) is 0 Å². The van der Waals surface area contributed by atoms with Gasteiger partial charge in [-0.15, -0.1) is 11.3 Å². The molecule has 0 bridgehead atoms. The van der Waals surface area contributed by atoms with Gasteiger partial charge in [-0.05, 0) is 19.9 Å². The molecule has 0 saturated carbocycles. The Labute approximate surface area is 143 Å². The van der Waals surface area contributed by atoms with E-state index in [4.69, 9.17) is 9.15 Å². The monoisotopic (exact) mass is 342 g/mol. The number of hydrogen-bond acceptors (Lipinski definition) is 5. The second kappa shape index (κ2) is 6.03. The van der Waals surface area contributed by atoms with Gasteiger partial charge in [-0.2, -0.15) is 0 Å². The first-order valence-electron chi connectivity index (χ1n) is 7.94. The van der Waals surface area contributed by atoms with E-state index in [1.807, 2.05) is 48.4 Å². The van der Waals surface area contributed by atoms with Crippen LogP contribution in [-0.4, -0.2) is 35.5 Å². The highest BCUT2D eigenvalue weighted by molar-refractivity contribution is 7.09. The lowest BCUT2D eigenvalue weighted by Gasteiger charge is -2.34. The van der Waals surface area contributed by atoms with E-state index in [1.54, 1.807) is 11.3 Å². The molecule has 0 N–H and O–H groups in total. The van der Waals surface area contributed by atoms with Crippen LogP contribution in [0.4, 0.5) is 0 Å². The summed E-state index contributed by atoms with van der Waals surface area (Å²) in [5, 5.41) is 3.97. The summed E-state index contributed by atoms with van der Waals surface area (Å²) in [4.78, 5) is 19.5. The van der Waals surface area contributed by atoms with Crippen LogP contribution in [0.3, 0.4) is 0 Å². The predicted octanol–water partition coefficient (Wildman–Crippen LogP) is 3.72. The predicted molar refractivity (Wildman–Crippen MR) is 92.4 cm³/mol. The van der Waals surface area contributed by atoms with Crippen molar-refractivity contribution in [3.05, 3.63) is 51.7 Å². The Hall–Kier alpha value is -2.18. The van der Waals surface area contributed by atoms with E-state index in [1.165, 1.54) is 0 Å². The van der Waals surface area contributed by atoms with Crippen molar-refractivity contribution in [1.82, 2.24) is 9.88 Å². The van der Waals surface area contributed by atoms with Gasteiger partial charge in [0.15, 0.2) is 5.76 Å². The summed E-state index contributed by atoms with van der Waals surface area (Å²) < 4.78 is 11.4. The third-order valence-corrected chi connectivity index (χ3v) is 5.20. The molecule has 1 fully saturated rings. The summed E-state index contributed by atoms with van der Waals surface area (Å²) in [7, 11) is 0. The molecule has 1 saturated heterocycles. The van der Waals surface area contributed by atoms with Gasteiger partial charge in [-0.25, -0.2) is 4.98 Å². The summed E-state index contributed by atoms with van der Waals surface area (Å²) in [5.41, 5.74) is 2.52. The third-order valence-electron chi connectivity index (χ3n) is 4.41. The van der Waals surface area contributed by atoms with Crippen LogP contribution in [0, 0.1) is 13.8 Å². The molecule has 24 heavy (non-hydrogen) atoms. The lowest BCUT2D eigenvalue weighted by molar-refractivity contribution is -0.00525. The number of ether oxygens (including phenoxy) is 1. The van der Waals surface area contributed by atoms with E-state index < -0.39 is 0 Å². The molecule has 6 heteroatoms. The number of aryl methyl sites for hydroxylation is 2. The number of carbonyl (C=O) groups excluding carboxylic acids is 1. The van der Waals surface area contributed by atoms with E-state index in [-0.39, 0.29) is 11.9 Å². The quantitative estimate of drug-likeness (QED) is 0.712. The van der Waals surface area contributed by atoms with Crippen LogP contribution in [0.5, 0.6) is 0 Å². The van der Waals surface area contributed by atoms with Crippen molar-refractivity contribution in [2.24, 2.45) is 0 Å². The van der Waals surface area contributed by atoms with Crippen molar-refractivity contribution in [3.8, 4) is 0 Å². The van der Waals surface area contributed by atoms with Crippen molar-refractivity contribution in [1.29, 1.82) is 0 Å². The summed E-state index contributed by atoms with van der Waals surface area (Å²) in [6.07, 6.45) is 0. The van der Waals surface area contributed by atoms with Crippen molar-refractivity contribution < 1.29 is 13.9 Å². The number of morpholine rings is 1. The molecular weight excluding hydrogens is 324 g/mol. The molecule has 1 atom stereocenters. The van der Waals surface area contributed by atoms with Crippen LogP contribution in [0.1, 0.15) is 32.9 Å². The first kappa shape index (κ1) is 15.4. The van der Waals surface area contributed by atoms with Gasteiger partial charge in [-0.1, -0.05) is 18.2 Å². The zero-order valence-electron chi connectivity index (χ0n) is 13.6. The topological polar surface area (TPSA) is 55.6 Å². The molecule has 1 aliphatic rings. The Morgan fingerprint density at radius 2 is 2.17 bits per heavy atom. The highest BCUT2D eigenvalue weighted by Gasteiger charge is 2.33. The molecule has 4 rings (SSSR count). The Morgan fingerprint density at radius 3 is 2.92 bits per heavy atom. The van der Waals surface area contributed by atoms with Crippen LogP contribution in [0.25, 0.3) is 11.0 Å². The maximum atomic E-state index is 13.1. The number of amides is 1. The SMILES string of the molecule is Cc1nc(C2COCCN2C(=O)c2oc3ccccc3c2C)cs1. The number of fused-ring (bicyclic) bond motifs is 1. The standard InChI is InChI=1S/C18H18N2O3S/c1-11-13-5-3-4-6-16(13)23-17(11)18(21)20-7-8-22-9-15(20)14-10-24-12(2)19-14/h3-6,10,15H,7-9H2,1-2H3. The number of carbonyl (C=O) groups is 1. The number of para-hydroxylation sites is 1. The van der Waals surface area contributed by atoms with E-state index in [2.05, 4.69) is 4.98 Å². The largest absolute Gasteiger partial charge is 0.451 e. The van der Waals surface area contributed by atoms with Crippen molar-refractivity contribution in [2.45, 2.75) is 19.9 Å². The number of nitrogens with zero attached hydrogens (tertiary/aromatic N) is 2. The number of benzene rings is 1. The lowest BCUT2D eigenvalue weighted by Crippen LogP contribution is -2.43. The third kappa shape index (κ3) is 2.52. The maximum absolute atomic E-state index is 13.1. The fraction of sp³-hybridized carbons (Fsp3) is 0.333. The zero-order valence-corrected chi connectivity index (χ0v) is 14.4. The van der Waals surface area contributed by atoms with Crippen LogP contribution in [0.2, 0.25) is 0 Å². The maximum Gasteiger partial charge on any atom is 0.290 e. The Morgan fingerprint density at radius 1 is 1.33 bits per heavy atom. The first-order valence-corrected chi connectivity index (χ1v) is 8.82. The second-order valence-corrected chi connectivity index (χ2v) is 7.00. The zero-order chi connectivity index (χ0) is 16.7. The lowest BCUT2D eigenvalue weighted by atomic mass is 10.1. The molecule has 0 radical (unpaired) electrons. The minimum absolute atomic E-state index is 0.0948. The van der Waals surface area contributed by atoms with Crippen LogP contribution in [-0.2, 0) is 4.74 Å². The van der Waals surface area contributed by atoms with E-state index in [0.717, 1.165) is 27.2 Å². The second-order valence-electron chi connectivity index (χ2n) is 5.93.